The smallest absolute Gasteiger partial charge is 0.234 e. The molecular formula is C13H13Cl2N5OS. The molecule has 2 aromatic rings. The lowest BCUT2D eigenvalue weighted by molar-refractivity contribution is -0.113. The highest BCUT2D eigenvalue weighted by Crippen LogP contribution is 2.39. The van der Waals surface area contributed by atoms with Crippen LogP contribution >= 0.6 is 35.0 Å². The number of nitrogens with one attached hydrogen (secondary N) is 1. The second-order valence-electron chi connectivity index (χ2n) is 4.88. The molecule has 3 N–H and O–H groups in total. The van der Waals surface area contributed by atoms with Crippen LogP contribution in [-0.4, -0.2) is 26.4 Å². The Balaban J connectivity index is 1.63. The lowest BCUT2D eigenvalue weighted by atomic mass is 10.3. The van der Waals surface area contributed by atoms with Crippen molar-refractivity contribution in [3.05, 3.63) is 28.2 Å². The molecule has 0 atom stereocenters. The van der Waals surface area contributed by atoms with Gasteiger partial charge in [-0.3, -0.25) is 9.36 Å². The first-order valence-electron chi connectivity index (χ1n) is 6.63. The topological polar surface area (TPSA) is 85.8 Å². The van der Waals surface area contributed by atoms with Crippen LogP contribution in [0.15, 0.2) is 23.4 Å². The highest BCUT2D eigenvalue weighted by Gasteiger charge is 2.29. The average Bonchev–Trinajstić information content (AvgIpc) is 3.24. The fraction of sp³-hybridized carbons (Fsp3) is 0.308. The van der Waals surface area contributed by atoms with Crippen molar-refractivity contribution in [2.45, 2.75) is 24.0 Å². The van der Waals surface area contributed by atoms with Crippen molar-refractivity contribution in [1.29, 1.82) is 0 Å². The Morgan fingerprint density at radius 2 is 2.05 bits per heavy atom. The zero-order valence-corrected chi connectivity index (χ0v) is 13.8. The van der Waals surface area contributed by atoms with E-state index in [1.807, 2.05) is 4.57 Å². The van der Waals surface area contributed by atoms with Gasteiger partial charge in [-0.15, -0.1) is 10.2 Å². The molecule has 1 aliphatic rings. The Morgan fingerprint density at radius 3 is 2.68 bits per heavy atom. The van der Waals surface area contributed by atoms with Gasteiger partial charge in [0.15, 0.2) is 5.16 Å². The van der Waals surface area contributed by atoms with E-state index in [0.29, 0.717) is 32.9 Å². The fourth-order valence-electron chi connectivity index (χ4n) is 1.99. The van der Waals surface area contributed by atoms with E-state index < -0.39 is 0 Å². The predicted octanol–water partition coefficient (Wildman–Crippen LogP) is 3.23. The van der Waals surface area contributed by atoms with Gasteiger partial charge in [-0.2, -0.15) is 0 Å². The second-order valence-corrected chi connectivity index (χ2v) is 6.63. The minimum absolute atomic E-state index is 0.173. The predicted molar refractivity (Wildman–Crippen MR) is 88.5 cm³/mol. The fourth-order valence-corrected chi connectivity index (χ4v) is 3.29. The highest BCUT2D eigenvalue weighted by molar-refractivity contribution is 7.99. The number of halogens is 2. The number of anilines is 2. The Kier molecular flexibility index (Phi) is 4.46. The van der Waals surface area contributed by atoms with Crippen LogP contribution in [-0.2, 0) is 4.79 Å². The number of carbonyl (C=O) groups excluding carboxylic acids is 1. The lowest BCUT2D eigenvalue weighted by Crippen LogP contribution is -2.15. The molecule has 116 valence electrons. The van der Waals surface area contributed by atoms with Crippen molar-refractivity contribution in [2.75, 3.05) is 16.8 Å². The van der Waals surface area contributed by atoms with E-state index in [0.717, 1.165) is 12.8 Å². The summed E-state index contributed by atoms with van der Waals surface area (Å²) in [6.07, 6.45) is 2.13. The van der Waals surface area contributed by atoms with Crippen LogP contribution in [0.2, 0.25) is 10.0 Å². The summed E-state index contributed by atoms with van der Waals surface area (Å²) in [6.45, 7) is 0. The van der Waals surface area contributed by atoms with Crippen LogP contribution in [0.4, 0.5) is 11.6 Å². The molecule has 1 aromatic heterocycles. The van der Waals surface area contributed by atoms with Crippen LogP contribution < -0.4 is 11.1 Å². The molecule has 1 aromatic carbocycles. The van der Waals surface area contributed by atoms with Crippen LogP contribution in [0.1, 0.15) is 18.9 Å². The summed E-state index contributed by atoms with van der Waals surface area (Å²) in [4.78, 5) is 12.1. The first-order chi connectivity index (χ1) is 10.6. The maximum atomic E-state index is 12.1. The number of nitrogens with zero attached hydrogens (tertiary/aromatic N) is 3. The van der Waals surface area contributed by atoms with Crippen molar-refractivity contribution >= 4 is 52.5 Å². The zero-order valence-electron chi connectivity index (χ0n) is 11.4. The Labute approximate surface area is 141 Å². The van der Waals surface area contributed by atoms with E-state index in [1.54, 1.807) is 18.2 Å². The third-order valence-corrected chi connectivity index (χ3v) is 4.74. The number of para-hydroxylation sites is 1. The number of carbonyl (C=O) groups is 1. The van der Waals surface area contributed by atoms with E-state index in [9.17, 15) is 4.79 Å². The summed E-state index contributed by atoms with van der Waals surface area (Å²) in [5.41, 5.74) is 6.21. The third kappa shape index (κ3) is 3.31. The SMILES string of the molecule is Nc1nnc(SCC(=O)Nc2c(Cl)cccc2Cl)n1C1CC1. The van der Waals surface area contributed by atoms with Crippen molar-refractivity contribution < 1.29 is 4.79 Å². The third-order valence-electron chi connectivity index (χ3n) is 3.16. The van der Waals surface area contributed by atoms with Gasteiger partial charge in [-0.05, 0) is 25.0 Å². The highest BCUT2D eigenvalue weighted by atomic mass is 35.5. The summed E-state index contributed by atoms with van der Waals surface area (Å²) in [5.74, 6) is 0.343. The van der Waals surface area contributed by atoms with E-state index in [2.05, 4.69) is 15.5 Å². The van der Waals surface area contributed by atoms with Gasteiger partial charge in [0.05, 0.1) is 21.5 Å². The van der Waals surface area contributed by atoms with Crippen molar-refractivity contribution in [3.8, 4) is 0 Å². The summed E-state index contributed by atoms with van der Waals surface area (Å²) in [7, 11) is 0. The maximum absolute atomic E-state index is 12.1. The molecule has 1 saturated carbocycles. The summed E-state index contributed by atoms with van der Waals surface area (Å²) in [6, 6.07) is 5.41. The Morgan fingerprint density at radius 1 is 1.36 bits per heavy atom. The van der Waals surface area contributed by atoms with Gasteiger partial charge >= 0.3 is 0 Å². The number of nitrogen functional groups attached to an aromatic ring is 1. The second kappa shape index (κ2) is 6.36. The molecule has 6 nitrogen and oxygen atoms in total. The Bertz CT molecular complexity index is 696. The number of nitrogens with two attached hydrogens (primary N) is 1. The van der Waals surface area contributed by atoms with Gasteiger partial charge in [-0.25, -0.2) is 0 Å². The standard InChI is InChI=1S/C13H13Cl2N5OS/c14-8-2-1-3-9(15)11(8)17-10(21)6-22-13-19-18-12(16)20(13)7-4-5-7/h1-3,7H,4-6H2,(H2,16,18)(H,17,21). The largest absolute Gasteiger partial charge is 0.368 e. The molecule has 0 radical (unpaired) electrons. The van der Waals surface area contributed by atoms with Gasteiger partial charge in [0, 0.05) is 6.04 Å². The van der Waals surface area contributed by atoms with Crippen molar-refractivity contribution in [1.82, 2.24) is 14.8 Å². The van der Waals surface area contributed by atoms with Crippen LogP contribution in [0.5, 0.6) is 0 Å². The molecule has 1 fully saturated rings. The quantitative estimate of drug-likeness (QED) is 0.802. The minimum Gasteiger partial charge on any atom is -0.368 e. The van der Waals surface area contributed by atoms with Crippen molar-refractivity contribution in [3.63, 3.8) is 0 Å². The van der Waals surface area contributed by atoms with Crippen LogP contribution in [0, 0.1) is 0 Å². The number of benzene rings is 1. The number of thioether (sulfide) groups is 1. The number of hydrogen-bond acceptors (Lipinski definition) is 5. The van der Waals surface area contributed by atoms with E-state index in [1.165, 1.54) is 11.8 Å². The van der Waals surface area contributed by atoms with Gasteiger partial charge in [0.1, 0.15) is 0 Å². The van der Waals surface area contributed by atoms with Gasteiger partial charge in [0.2, 0.25) is 11.9 Å². The molecule has 0 saturated heterocycles. The number of aromatic nitrogens is 3. The van der Waals surface area contributed by atoms with E-state index in [4.69, 9.17) is 28.9 Å². The van der Waals surface area contributed by atoms with Crippen LogP contribution in [0.3, 0.4) is 0 Å². The van der Waals surface area contributed by atoms with Crippen LogP contribution in [0.25, 0.3) is 0 Å². The first kappa shape index (κ1) is 15.5. The molecule has 1 aliphatic carbocycles. The van der Waals surface area contributed by atoms with E-state index >= 15 is 0 Å². The molecule has 9 heteroatoms. The summed E-state index contributed by atoms with van der Waals surface area (Å²) >= 11 is 13.3. The molecular weight excluding hydrogens is 345 g/mol. The summed E-state index contributed by atoms with van der Waals surface area (Å²) in [5, 5.41) is 12.0. The minimum atomic E-state index is -0.219. The maximum Gasteiger partial charge on any atom is 0.234 e. The Hall–Kier alpha value is -1.44. The monoisotopic (exact) mass is 357 g/mol. The zero-order chi connectivity index (χ0) is 15.7. The normalized spacial score (nSPS) is 14.1. The van der Waals surface area contributed by atoms with Gasteiger partial charge < -0.3 is 11.1 Å². The average molecular weight is 358 g/mol. The first-order valence-corrected chi connectivity index (χ1v) is 8.37. The molecule has 0 unspecified atom stereocenters. The molecule has 1 amide bonds. The molecule has 22 heavy (non-hydrogen) atoms. The molecule has 0 spiro atoms. The summed E-state index contributed by atoms with van der Waals surface area (Å²) < 4.78 is 1.88. The van der Waals surface area contributed by atoms with E-state index in [-0.39, 0.29) is 11.7 Å². The lowest BCUT2D eigenvalue weighted by Gasteiger charge is -2.09. The van der Waals surface area contributed by atoms with Gasteiger partial charge in [-0.1, -0.05) is 41.0 Å². The molecule has 3 rings (SSSR count). The molecule has 1 heterocycles. The van der Waals surface area contributed by atoms with Crippen molar-refractivity contribution in [2.24, 2.45) is 0 Å². The molecule has 0 bridgehead atoms. The number of hydrogen-bond donors (Lipinski definition) is 2. The number of rotatable bonds is 5. The number of amides is 1. The van der Waals surface area contributed by atoms with Gasteiger partial charge in [0.25, 0.3) is 0 Å². The molecule has 0 aliphatic heterocycles.